The minimum Gasteiger partial charge on any atom is -0.475 e. The first kappa shape index (κ1) is 12.0. The van der Waals surface area contributed by atoms with Gasteiger partial charge in [0.25, 0.3) is 0 Å². The molecule has 1 aliphatic rings. The van der Waals surface area contributed by atoms with Crippen molar-refractivity contribution >= 4 is 5.90 Å². The minimum absolute atomic E-state index is 0.155. The smallest absolute Gasteiger partial charge is 0.188 e. The van der Waals surface area contributed by atoms with Crippen molar-refractivity contribution in [2.45, 2.75) is 25.4 Å². The number of nitrogens with two attached hydrogens (primary N) is 1. The van der Waals surface area contributed by atoms with E-state index in [2.05, 4.69) is 4.99 Å². The van der Waals surface area contributed by atoms with Crippen LogP contribution in [0, 0.1) is 5.82 Å². The van der Waals surface area contributed by atoms with E-state index in [1.807, 2.05) is 6.07 Å². The highest BCUT2D eigenvalue weighted by Gasteiger charge is 2.19. The number of hydrogen-bond donors (Lipinski definition) is 1. The summed E-state index contributed by atoms with van der Waals surface area (Å²) >= 11 is 0. The Labute approximate surface area is 100 Å². The summed E-state index contributed by atoms with van der Waals surface area (Å²) in [4.78, 5) is 4.33. The Bertz CT molecular complexity index is 406. The van der Waals surface area contributed by atoms with Gasteiger partial charge in [-0.15, -0.1) is 0 Å². The average Bonchev–Trinajstić information content (AvgIpc) is 2.74. The van der Waals surface area contributed by atoms with Gasteiger partial charge in [-0.2, -0.15) is 0 Å². The summed E-state index contributed by atoms with van der Waals surface area (Å²) < 4.78 is 18.7. The van der Waals surface area contributed by atoms with E-state index < -0.39 is 0 Å². The summed E-state index contributed by atoms with van der Waals surface area (Å²) in [6.07, 6.45) is 2.61. The number of ether oxygens (including phenoxy) is 1. The van der Waals surface area contributed by atoms with Crippen LogP contribution in [0.15, 0.2) is 29.3 Å². The van der Waals surface area contributed by atoms with Crippen molar-refractivity contribution in [2.24, 2.45) is 10.7 Å². The molecule has 1 unspecified atom stereocenters. The number of hydrogen-bond acceptors (Lipinski definition) is 3. The normalized spacial score (nSPS) is 18.9. The molecule has 0 fully saturated rings. The molecule has 0 spiro atoms. The molecule has 1 atom stereocenters. The molecule has 92 valence electrons. The van der Waals surface area contributed by atoms with Gasteiger partial charge in [0.1, 0.15) is 11.9 Å². The minimum atomic E-state index is -0.222. The lowest BCUT2D eigenvalue weighted by Crippen LogP contribution is -2.15. The standard InChI is InChI=1S/C13H17FN2O/c14-11-4-1-3-10(7-11)8-13-16-9-12(17-13)5-2-6-15/h1,3-4,7,12H,2,5-6,8-9,15H2. The summed E-state index contributed by atoms with van der Waals surface area (Å²) in [5.74, 6) is 0.485. The third-order valence-electron chi connectivity index (χ3n) is 2.75. The Morgan fingerprint density at radius 2 is 2.35 bits per heavy atom. The monoisotopic (exact) mass is 236 g/mol. The molecular formula is C13H17FN2O. The third-order valence-corrected chi connectivity index (χ3v) is 2.75. The van der Waals surface area contributed by atoms with E-state index in [1.165, 1.54) is 12.1 Å². The second-order valence-electron chi connectivity index (χ2n) is 4.21. The Balaban J connectivity index is 1.85. The van der Waals surface area contributed by atoms with Crippen LogP contribution in [0.2, 0.25) is 0 Å². The van der Waals surface area contributed by atoms with E-state index >= 15 is 0 Å². The zero-order valence-electron chi connectivity index (χ0n) is 9.73. The summed E-state index contributed by atoms with van der Waals surface area (Å²) in [6.45, 7) is 1.38. The van der Waals surface area contributed by atoms with Crippen LogP contribution in [0.5, 0.6) is 0 Å². The fraction of sp³-hybridized carbons (Fsp3) is 0.462. The fourth-order valence-electron chi connectivity index (χ4n) is 1.89. The molecule has 0 saturated heterocycles. The highest BCUT2D eigenvalue weighted by Crippen LogP contribution is 2.14. The highest BCUT2D eigenvalue weighted by molar-refractivity contribution is 5.80. The van der Waals surface area contributed by atoms with Gasteiger partial charge in [0, 0.05) is 6.42 Å². The quantitative estimate of drug-likeness (QED) is 0.848. The van der Waals surface area contributed by atoms with Crippen LogP contribution in [0.3, 0.4) is 0 Å². The van der Waals surface area contributed by atoms with Crippen molar-refractivity contribution in [1.82, 2.24) is 0 Å². The molecule has 0 aromatic heterocycles. The van der Waals surface area contributed by atoms with Crippen LogP contribution in [0.4, 0.5) is 4.39 Å². The fourth-order valence-corrected chi connectivity index (χ4v) is 1.89. The molecule has 0 bridgehead atoms. The Morgan fingerprint density at radius 3 is 3.12 bits per heavy atom. The predicted molar refractivity (Wildman–Crippen MR) is 65.6 cm³/mol. The summed E-state index contributed by atoms with van der Waals surface area (Å²) in [5, 5.41) is 0. The molecule has 2 rings (SSSR count). The van der Waals surface area contributed by atoms with Crippen molar-refractivity contribution in [1.29, 1.82) is 0 Å². The van der Waals surface area contributed by atoms with Gasteiger partial charge in [-0.25, -0.2) is 4.39 Å². The maximum Gasteiger partial charge on any atom is 0.188 e. The Morgan fingerprint density at radius 1 is 1.47 bits per heavy atom. The van der Waals surface area contributed by atoms with Gasteiger partial charge in [-0.1, -0.05) is 12.1 Å². The third kappa shape index (κ3) is 3.53. The topological polar surface area (TPSA) is 47.6 Å². The lowest BCUT2D eigenvalue weighted by atomic mass is 10.1. The van der Waals surface area contributed by atoms with Gasteiger partial charge >= 0.3 is 0 Å². The van der Waals surface area contributed by atoms with E-state index in [1.54, 1.807) is 6.07 Å². The number of benzene rings is 1. The Hall–Kier alpha value is -1.42. The molecule has 0 radical (unpaired) electrons. The van der Waals surface area contributed by atoms with Crippen LogP contribution in [-0.4, -0.2) is 25.1 Å². The molecule has 4 heteroatoms. The van der Waals surface area contributed by atoms with Gasteiger partial charge < -0.3 is 10.5 Å². The molecule has 1 aliphatic heterocycles. The molecule has 1 heterocycles. The summed E-state index contributed by atoms with van der Waals surface area (Å²) in [6, 6.07) is 6.53. The van der Waals surface area contributed by atoms with Crippen molar-refractivity contribution < 1.29 is 9.13 Å². The zero-order chi connectivity index (χ0) is 12.1. The Kier molecular flexibility index (Phi) is 4.09. The van der Waals surface area contributed by atoms with E-state index in [9.17, 15) is 4.39 Å². The first-order chi connectivity index (χ1) is 8.28. The zero-order valence-corrected chi connectivity index (χ0v) is 9.73. The van der Waals surface area contributed by atoms with Gasteiger partial charge in [0.05, 0.1) is 6.54 Å². The average molecular weight is 236 g/mol. The number of halogens is 1. The van der Waals surface area contributed by atoms with E-state index in [0.29, 0.717) is 25.4 Å². The first-order valence-electron chi connectivity index (χ1n) is 5.92. The molecule has 1 aromatic carbocycles. The van der Waals surface area contributed by atoms with Crippen molar-refractivity contribution in [2.75, 3.05) is 13.1 Å². The molecule has 1 aromatic rings. The molecule has 0 aliphatic carbocycles. The number of rotatable bonds is 5. The van der Waals surface area contributed by atoms with Gasteiger partial charge in [0.15, 0.2) is 5.90 Å². The second-order valence-corrected chi connectivity index (χ2v) is 4.21. The molecular weight excluding hydrogens is 219 g/mol. The maximum absolute atomic E-state index is 13.0. The summed E-state index contributed by atoms with van der Waals surface area (Å²) in [7, 11) is 0. The molecule has 0 amide bonds. The maximum atomic E-state index is 13.0. The predicted octanol–water partition coefficient (Wildman–Crippen LogP) is 1.90. The van der Waals surface area contributed by atoms with Gasteiger partial charge in [0.2, 0.25) is 0 Å². The van der Waals surface area contributed by atoms with Crippen LogP contribution >= 0.6 is 0 Å². The first-order valence-corrected chi connectivity index (χ1v) is 5.92. The lowest BCUT2D eigenvalue weighted by molar-refractivity contribution is 0.207. The second kappa shape index (κ2) is 5.77. The van der Waals surface area contributed by atoms with E-state index in [4.69, 9.17) is 10.5 Å². The van der Waals surface area contributed by atoms with Gasteiger partial charge in [-0.05, 0) is 37.1 Å². The van der Waals surface area contributed by atoms with E-state index in [-0.39, 0.29) is 11.9 Å². The number of aliphatic imine (C=N–C) groups is 1. The largest absolute Gasteiger partial charge is 0.475 e. The molecule has 3 nitrogen and oxygen atoms in total. The SMILES string of the molecule is NCCCC1CN=C(Cc2cccc(F)c2)O1. The van der Waals surface area contributed by atoms with Crippen LogP contribution in [0.25, 0.3) is 0 Å². The molecule has 0 saturated carbocycles. The van der Waals surface area contributed by atoms with Crippen molar-refractivity contribution in [3.8, 4) is 0 Å². The molecule has 17 heavy (non-hydrogen) atoms. The van der Waals surface area contributed by atoms with Crippen molar-refractivity contribution in [3.63, 3.8) is 0 Å². The highest BCUT2D eigenvalue weighted by atomic mass is 19.1. The lowest BCUT2D eigenvalue weighted by Gasteiger charge is -2.10. The van der Waals surface area contributed by atoms with Crippen molar-refractivity contribution in [3.05, 3.63) is 35.6 Å². The molecule has 2 N–H and O–H groups in total. The van der Waals surface area contributed by atoms with E-state index in [0.717, 1.165) is 18.4 Å². The summed E-state index contributed by atoms with van der Waals surface area (Å²) in [5.41, 5.74) is 6.34. The van der Waals surface area contributed by atoms with Gasteiger partial charge in [-0.3, -0.25) is 4.99 Å². The van der Waals surface area contributed by atoms with Crippen LogP contribution in [-0.2, 0) is 11.2 Å². The number of nitrogens with zero attached hydrogens (tertiary/aromatic N) is 1. The van der Waals surface area contributed by atoms with Crippen LogP contribution in [0.1, 0.15) is 18.4 Å². The van der Waals surface area contributed by atoms with Crippen LogP contribution < -0.4 is 5.73 Å².